The van der Waals surface area contributed by atoms with Crippen molar-refractivity contribution in [3.63, 3.8) is 0 Å². The highest BCUT2D eigenvalue weighted by atomic mass is 79.9. The smallest absolute Gasteiger partial charge is 0.137 e. The van der Waals surface area contributed by atoms with Crippen LogP contribution in [0.2, 0.25) is 0 Å². The summed E-state index contributed by atoms with van der Waals surface area (Å²) in [6, 6.07) is 13.2. The van der Waals surface area contributed by atoms with Crippen molar-refractivity contribution in [2.75, 3.05) is 0 Å². The molecule has 100 valence electrons. The molecule has 0 aromatic heterocycles. The van der Waals surface area contributed by atoms with E-state index >= 15 is 0 Å². The van der Waals surface area contributed by atoms with Crippen LogP contribution in [0.3, 0.4) is 0 Å². The van der Waals surface area contributed by atoms with Crippen molar-refractivity contribution in [1.29, 1.82) is 0 Å². The number of nitrogens with one attached hydrogen (secondary N) is 1. The van der Waals surface area contributed by atoms with Gasteiger partial charge in [0, 0.05) is 0 Å². The lowest BCUT2D eigenvalue weighted by atomic mass is 9.98. The molecule has 2 nitrogen and oxygen atoms in total. The Morgan fingerprint density at radius 1 is 1.26 bits per heavy atom. The van der Waals surface area contributed by atoms with Crippen molar-refractivity contribution in [2.24, 2.45) is 5.84 Å². The van der Waals surface area contributed by atoms with Crippen LogP contribution >= 0.6 is 15.9 Å². The van der Waals surface area contributed by atoms with Crippen molar-refractivity contribution in [1.82, 2.24) is 5.43 Å². The molecule has 0 spiro atoms. The van der Waals surface area contributed by atoms with Gasteiger partial charge in [0.15, 0.2) is 0 Å². The van der Waals surface area contributed by atoms with E-state index in [1.807, 2.05) is 6.07 Å². The standard InChI is InChI=1S/C15H16BrFN2/c1-10-3-2-4-11(7-10)8-15(19-18)12-5-6-14(17)13(16)9-12/h2-7,9,15,19H,8,18H2,1H3. The summed E-state index contributed by atoms with van der Waals surface area (Å²) in [6.45, 7) is 2.06. The molecule has 0 saturated heterocycles. The third kappa shape index (κ3) is 3.62. The summed E-state index contributed by atoms with van der Waals surface area (Å²) in [4.78, 5) is 0. The molecule has 3 N–H and O–H groups in total. The lowest BCUT2D eigenvalue weighted by molar-refractivity contribution is 0.548. The van der Waals surface area contributed by atoms with E-state index in [1.165, 1.54) is 17.2 Å². The molecule has 0 heterocycles. The number of benzene rings is 2. The largest absolute Gasteiger partial charge is 0.271 e. The van der Waals surface area contributed by atoms with Crippen LogP contribution in [0.1, 0.15) is 22.7 Å². The summed E-state index contributed by atoms with van der Waals surface area (Å²) in [5.74, 6) is 5.35. The first-order valence-electron chi connectivity index (χ1n) is 6.07. The van der Waals surface area contributed by atoms with Gasteiger partial charge in [0.05, 0.1) is 10.5 Å². The number of hydrogen-bond acceptors (Lipinski definition) is 2. The van der Waals surface area contributed by atoms with Crippen molar-refractivity contribution >= 4 is 15.9 Å². The van der Waals surface area contributed by atoms with Crippen LogP contribution in [0.4, 0.5) is 4.39 Å². The van der Waals surface area contributed by atoms with E-state index in [-0.39, 0.29) is 11.9 Å². The van der Waals surface area contributed by atoms with Crippen LogP contribution < -0.4 is 11.3 Å². The summed E-state index contributed by atoms with van der Waals surface area (Å²) in [5.41, 5.74) is 6.16. The van der Waals surface area contributed by atoms with Gasteiger partial charge in [-0.3, -0.25) is 11.3 Å². The van der Waals surface area contributed by atoms with Crippen LogP contribution in [-0.2, 0) is 6.42 Å². The quantitative estimate of drug-likeness (QED) is 0.666. The van der Waals surface area contributed by atoms with Gasteiger partial charge in [-0.25, -0.2) is 4.39 Å². The van der Waals surface area contributed by atoms with Gasteiger partial charge in [0.2, 0.25) is 0 Å². The lowest BCUT2D eigenvalue weighted by Crippen LogP contribution is -2.29. The van der Waals surface area contributed by atoms with Gasteiger partial charge in [-0.15, -0.1) is 0 Å². The number of nitrogens with two attached hydrogens (primary N) is 1. The lowest BCUT2D eigenvalue weighted by Gasteiger charge is -2.17. The Labute approximate surface area is 120 Å². The number of rotatable bonds is 4. The molecule has 0 aliphatic carbocycles. The van der Waals surface area contributed by atoms with E-state index in [1.54, 1.807) is 12.1 Å². The van der Waals surface area contributed by atoms with E-state index in [9.17, 15) is 4.39 Å². The van der Waals surface area contributed by atoms with Gasteiger partial charge in [-0.05, 0) is 52.5 Å². The summed E-state index contributed by atoms with van der Waals surface area (Å²) in [5, 5.41) is 0. The number of hydrazine groups is 1. The minimum absolute atomic E-state index is 0.0429. The molecule has 0 bridgehead atoms. The average Bonchev–Trinajstić information content (AvgIpc) is 2.39. The zero-order valence-electron chi connectivity index (χ0n) is 10.7. The topological polar surface area (TPSA) is 38.0 Å². The van der Waals surface area contributed by atoms with Crippen molar-refractivity contribution < 1.29 is 4.39 Å². The number of hydrogen-bond donors (Lipinski definition) is 2. The molecular formula is C15H16BrFN2. The van der Waals surface area contributed by atoms with E-state index in [0.29, 0.717) is 4.47 Å². The monoisotopic (exact) mass is 322 g/mol. The zero-order chi connectivity index (χ0) is 13.8. The molecule has 2 rings (SSSR count). The first kappa shape index (κ1) is 14.2. The molecule has 4 heteroatoms. The van der Waals surface area contributed by atoms with Gasteiger partial charge < -0.3 is 0 Å². The van der Waals surface area contributed by atoms with Crippen LogP contribution in [0, 0.1) is 12.7 Å². The van der Waals surface area contributed by atoms with Crippen LogP contribution in [0.5, 0.6) is 0 Å². The maximum Gasteiger partial charge on any atom is 0.137 e. The highest BCUT2D eigenvalue weighted by Gasteiger charge is 2.12. The van der Waals surface area contributed by atoms with Crippen LogP contribution in [0.15, 0.2) is 46.9 Å². The summed E-state index contributed by atoms with van der Waals surface area (Å²) >= 11 is 3.20. The second-order valence-electron chi connectivity index (χ2n) is 4.59. The summed E-state index contributed by atoms with van der Waals surface area (Å²) in [6.07, 6.45) is 0.760. The van der Waals surface area contributed by atoms with Crippen molar-refractivity contribution in [3.05, 3.63) is 69.4 Å². The molecule has 1 atom stereocenters. The molecule has 2 aromatic carbocycles. The Kier molecular flexibility index (Phi) is 4.69. The van der Waals surface area contributed by atoms with Crippen LogP contribution in [-0.4, -0.2) is 0 Å². The highest BCUT2D eigenvalue weighted by Crippen LogP contribution is 2.23. The maximum atomic E-state index is 13.2. The zero-order valence-corrected chi connectivity index (χ0v) is 12.2. The van der Waals surface area contributed by atoms with Crippen molar-refractivity contribution in [3.8, 4) is 0 Å². The molecule has 2 aromatic rings. The third-order valence-electron chi connectivity index (χ3n) is 3.07. The molecule has 1 unspecified atom stereocenters. The third-order valence-corrected chi connectivity index (χ3v) is 3.68. The Bertz CT molecular complexity index is 572. The van der Waals surface area contributed by atoms with Gasteiger partial charge in [0.1, 0.15) is 5.82 Å². The molecule has 0 saturated carbocycles. The predicted octanol–water partition coefficient (Wildman–Crippen LogP) is 3.64. The molecule has 0 radical (unpaired) electrons. The SMILES string of the molecule is Cc1cccc(CC(NN)c2ccc(F)c(Br)c2)c1. The molecule has 0 aliphatic rings. The number of halogens is 2. The van der Waals surface area contributed by atoms with Gasteiger partial charge in [0.25, 0.3) is 0 Å². The highest BCUT2D eigenvalue weighted by molar-refractivity contribution is 9.10. The normalized spacial score (nSPS) is 12.4. The van der Waals surface area contributed by atoms with E-state index < -0.39 is 0 Å². The number of aryl methyl sites for hydroxylation is 1. The Morgan fingerprint density at radius 3 is 2.68 bits per heavy atom. The average molecular weight is 323 g/mol. The van der Waals surface area contributed by atoms with Gasteiger partial charge in [-0.2, -0.15) is 0 Å². The predicted molar refractivity (Wildman–Crippen MR) is 79.0 cm³/mol. The Balaban J connectivity index is 2.22. The second kappa shape index (κ2) is 6.28. The van der Waals surface area contributed by atoms with Crippen molar-refractivity contribution in [2.45, 2.75) is 19.4 Å². The molecular weight excluding hydrogens is 307 g/mol. The Morgan fingerprint density at radius 2 is 2.05 bits per heavy atom. The summed E-state index contributed by atoms with van der Waals surface area (Å²) in [7, 11) is 0. The fourth-order valence-corrected chi connectivity index (χ4v) is 2.47. The molecule has 0 fully saturated rings. The minimum Gasteiger partial charge on any atom is -0.271 e. The first-order valence-corrected chi connectivity index (χ1v) is 6.86. The molecule has 0 amide bonds. The summed E-state index contributed by atoms with van der Waals surface area (Å²) < 4.78 is 13.7. The van der Waals surface area contributed by atoms with Crippen LogP contribution in [0.25, 0.3) is 0 Å². The fourth-order valence-electron chi connectivity index (χ4n) is 2.08. The fraction of sp³-hybridized carbons (Fsp3) is 0.200. The van der Waals surface area contributed by atoms with E-state index in [0.717, 1.165) is 12.0 Å². The molecule has 0 aliphatic heterocycles. The molecule has 19 heavy (non-hydrogen) atoms. The van der Waals surface area contributed by atoms with Gasteiger partial charge >= 0.3 is 0 Å². The second-order valence-corrected chi connectivity index (χ2v) is 5.44. The van der Waals surface area contributed by atoms with E-state index in [4.69, 9.17) is 5.84 Å². The Hall–Kier alpha value is -1.23. The first-order chi connectivity index (χ1) is 9.10. The van der Waals surface area contributed by atoms with E-state index in [2.05, 4.69) is 46.5 Å². The maximum absolute atomic E-state index is 13.2. The minimum atomic E-state index is -0.268. The van der Waals surface area contributed by atoms with Gasteiger partial charge in [-0.1, -0.05) is 35.9 Å².